The molecule has 3 aromatic rings. The van der Waals surface area contributed by atoms with Gasteiger partial charge in [-0.05, 0) is 17.1 Å². The van der Waals surface area contributed by atoms with Gasteiger partial charge in [-0.2, -0.15) is 4.98 Å². The van der Waals surface area contributed by atoms with Gasteiger partial charge in [0.25, 0.3) is 5.91 Å². The number of imidazole rings is 1. The monoisotopic (exact) mass is 288 g/mol. The largest absolute Gasteiger partial charge is 0.484 e. The fraction of sp³-hybridized carbons (Fsp3) is 0.0769. The van der Waals surface area contributed by atoms with E-state index in [2.05, 4.69) is 25.3 Å². The van der Waals surface area contributed by atoms with Crippen LogP contribution in [0.4, 0.5) is 10.2 Å². The lowest BCUT2D eigenvalue weighted by molar-refractivity contribution is -0.347. The lowest BCUT2D eigenvalue weighted by Crippen LogP contribution is -2.21. The second-order valence-electron chi connectivity index (χ2n) is 4.15. The molecule has 2 heterocycles. The summed E-state index contributed by atoms with van der Waals surface area (Å²) >= 11 is 0. The number of fused-ring (bicyclic) bond motifs is 1. The van der Waals surface area contributed by atoms with Crippen LogP contribution in [0.2, 0.25) is 0 Å². The number of carbonyl (C=O) groups excluding carboxylic acids is 1. The molecule has 0 atom stereocenters. The molecule has 0 aliphatic heterocycles. The van der Waals surface area contributed by atoms with Crippen LogP contribution in [0.5, 0.6) is 5.75 Å². The number of ether oxygens (including phenoxy) is 1. The Labute approximate surface area is 118 Å². The van der Waals surface area contributed by atoms with Crippen LogP contribution in [0, 0.1) is 6.08 Å². The van der Waals surface area contributed by atoms with Crippen molar-refractivity contribution >= 4 is 22.9 Å². The number of nitrogens with one attached hydrogen (secondary N) is 3. The van der Waals surface area contributed by atoms with E-state index in [1.807, 2.05) is 6.07 Å². The number of aromatic nitrogens is 4. The van der Waals surface area contributed by atoms with Crippen LogP contribution >= 0.6 is 0 Å². The van der Waals surface area contributed by atoms with Gasteiger partial charge in [0.05, 0.1) is 0 Å². The predicted molar refractivity (Wildman–Crippen MR) is 71.0 cm³/mol. The van der Waals surface area contributed by atoms with Crippen molar-refractivity contribution < 1.29 is 18.9 Å². The van der Waals surface area contributed by atoms with E-state index in [0.29, 0.717) is 11.3 Å². The summed E-state index contributed by atoms with van der Waals surface area (Å²) in [5.41, 5.74) is 0.672. The third kappa shape index (κ3) is 2.94. The lowest BCUT2D eigenvalue weighted by atomic mass is 10.3. The molecule has 2 aromatic heterocycles. The SMILES string of the molecule is O=C(COc1ccccc1)Nc1nc(F)nc2[nH+]c[nH]c12. The number of amides is 1. The third-order valence-corrected chi connectivity index (χ3v) is 2.68. The van der Waals surface area contributed by atoms with Crippen LogP contribution in [0.25, 0.3) is 11.2 Å². The number of H-pyrrole nitrogens is 2. The summed E-state index contributed by atoms with van der Waals surface area (Å²) in [6, 6.07) is 8.90. The summed E-state index contributed by atoms with van der Waals surface area (Å²) in [6.45, 7) is -0.207. The minimum absolute atomic E-state index is 0.0559. The number of aromatic amines is 2. The van der Waals surface area contributed by atoms with E-state index in [0.717, 1.165) is 0 Å². The molecule has 106 valence electrons. The smallest absolute Gasteiger partial charge is 0.386 e. The van der Waals surface area contributed by atoms with Crippen molar-refractivity contribution in [2.45, 2.75) is 0 Å². The first kappa shape index (κ1) is 13.0. The Bertz CT molecular complexity index is 775. The molecular formula is C13H11FN5O2+. The van der Waals surface area contributed by atoms with E-state index in [-0.39, 0.29) is 18.1 Å². The highest BCUT2D eigenvalue weighted by molar-refractivity contribution is 5.96. The molecule has 21 heavy (non-hydrogen) atoms. The Morgan fingerprint density at radius 1 is 1.33 bits per heavy atom. The zero-order valence-corrected chi connectivity index (χ0v) is 10.8. The van der Waals surface area contributed by atoms with E-state index in [1.54, 1.807) is 24.3 Å². The summed E-state index contributed by atoms with van der Waals surface area (Å²) in [5.74, 6) is 0.174. The van der Waals surface area contributed by atoms with Crippen LogP contribution in [0.15, 0.2) is 36.7 Å². The number of rotatable bonds is 4. The van der Waals surface area contributed by atoms with Crippen molar-refractivity contribution in [1.82, 2.24) is 15.0 Å². The third-order valence-electron chi connectivity index (χ3n) is 2.68. The first-order chi connectivity index (χ1) is 10.2. The van der Waals surface area contributed by atoms with Crippen LogP contribution < -0.4 is 15.0 Å². The molecule has 0 fully saturated rings. The molecule has 0 aliphatic rings. The van der Waals surface area contributed by atoms with Crippen LogP contribution in [0.1, 0.15) is 0 Å². The predicted octanol–water partition coefficient (Wildman–Crippen LogP) is 0.929. The maximum Gasteiger partial charge on any atom is 0.386 e. The summed E-state index contributed by atoms with van der Waals surface area (Å²) in [4.78, 5) is 24.4. The van der Waals surface area contributed by atoms with Gasteiger partial charge in [0.15, 0.2) is 18.8 Å². The Hall–Kier alpha value is -3.03. The van der Waals surface area contributed by atoms with Gasteiger partial charge in [-0.3, -0.25) is 9.78 Å². The number of anilines is 1. The number of para-hydroxylation sites is 1. The molecule has 3 rings (SSSR count). The molecule has 0 radical (unpaired) electrons. The highest BCUT2D eigenvalue weighted by Gasteiger charge is 2.17. The molecule has 8 heteroatoms. The van der Waals surface area contributed by atoms with Crippen molar-refractivity contribution in [1.29, 1.82) is 0 Å². The first-order valence-corrected chi connectivity index (χ1v) is 6.12. The average Bonchev–Trinajstić information content (AvgIpc) is 2.94. The van der Waals surface area contributed by atoms with Crippen LogP contribution in [-0.4, -0.2) is 27.5 Å². The van der Waals surface area contributed by atoms with Crippen molar-refractivity contribution in [2.75, 3.05) is 11.9 Å². The number of nitrogens with zero attached hydrogens (tertiary/aromatic N) is 2. The van der Waals surface area contributed by atoms with Gasteiger partial charge in [0.1, 0.15) is 5.75 Å². The normalized spacial score (nSPS) is 10.5. The highest BCUT2D eigenvalue weighted by Crippen LogP contribution is 2.14. The fourth-order valence-corrected chi connectivity index (χ4v) is 1.78. The van der Waals surface area contributed by atoms with Crippen molar-refractivity contribution in [3.8, 4) is 5.75 Å². The maximum absolute atomic E-state index is 13.2. The van der Waals surface area contributed by atoms with E-state index < -0.39 is 12.0 Å². The lowest BCUT2D eigenvalue weighted by Gasteiger charge is -2.06. The summed E-state index contributed by atoms with van der Waals surface area (Å²) in [6.07, 6.45) is 0.534. The van der Waals surface area contributed by atoms with Gasteiger partial charge in [-0.1, -0.05) is 18.2 Å². The number of benzene rings is 1. The van der Waals surface area contributed by atoms with Crippen molar-refractivity contribution in [3.05, 3.63) is 42.7 Å². The Morgan fingerprint density at radius 3 is 2.95 bits per heavy atom. The van der Waals surface area contributed by atoms with E-state index in [4.69, 9.17) is 4.74 Å². The van der Waals surface area contributed by atoms with E-state index in [1.165, 1.54) is 6.33 Å². The van der Waals surface area contributed by atoms with Gasteiger partial charge in [0.2, 0.25) is 5.52 Å². The molecule has 0 spiro atoms. The second-order valence-corrected chi connectivity index (χ2v) is 4.15. The number of halogens is 1. The number of hydrogen-bond donors (Lipinski definition) is 2. The maximum atomic E-state index is 13.2. The van der Waals surface area contributed by atoms with Gasteiger partial charge < -0.3 is 10.1 Å². The van der Waals surface area contributed by atoms with Crippen LogP contribution in [-0.2, 0) is 4.79 Å². The molecular weight excluding hydrogens is 277 g/mol. The topological polar surface area (TPSA) is 94.0 Å². The van der Waals surface area contributed by atoms with Gasteiger partial charge in [-0.15, -0.1) is 4.39 Å². The first-order valence-electron chi connectivity index (χ1n) is 6.12. The fourth-order valence-electron chi connectivity index (χ4n) is 1.78. The minimum Gasteiger partial charge on any atom is -0.484 e. The number of carbonyl (C=O) groups is 1. The molecule has 0 aliphatic carbocycles. The highest BCUT2D eigenvalue weighted by atomic mass is 19.1. The standard InChI is InChI=1S/C13H10FN5O2/c14-13-18-11-10(15-7-16-11)12(19-13)17-9(20)6-21-8-4-2-1-3-5-8/h1-5,7H,6H2,(H2,15,16,17,18,19,20)/p+1. The van der Waals surface area contributed by atoms with E-state index in [9.17, 15) is 9.18 Å². The summed E-state index contributed by atoms with van der Waals surface area (Å²) in [5, 5.41) is 2.48. The van der Waals surface area contributed by atoms with Crippen molar-refractivity contribution in [3.63, 3.8) is 0 Å². The molecule has 7 nitrogen and oxygen atoms in total. The Balaban J connectivity index is 1.70. The Morgan fingerprint density at radius 2 is 2.14 bits per heavy atom. The van der Waals surface area contributed by atoms with Crippen molar-refractivity contribution in [2.24, 2.45) is 0 Å². The number of hydrogen-bond acceptors (Lipinski definition) is 4. The van der Waals surface area contributed by atoms with Crippen LogP contribution in [0.3, 0.4) is 0 Å². The second kappa shape index (κ2) is 5.53. The minimum atomic E-state index is -0.933. The molecule has 3 N–H and O–H groups in total. The summed E-state index contributed by atoms with van der Waals surface area (Å²) < 4.78 is 18.5. The summed E-state index contributed by atoms with van der Waals surface area (Å²) in [7, 11) is 0. The zero-order chi connectivity index (χ0) is 14.7. The Kier molecular flexibility index (Phi) is 3.42. The van der Waals surface area contributed by atoms with Gasteiger partial charge in [-0.25, -0.2) is 4.98 Å². The molecule has 0 unspecified atom stereocenters. The molecule has 0 saturated carbocycles. The molecule has 0 saturated heterocycles. The van der Waals surface area contributed by atoms with E-state index >= 15 is 0 Å². The molecule has 1 amide bonds. The van der Waals surface area contributed by atoms with Gasteiger partial charge >= 0.3 is 11.7 Å². The van der Waals surface area contributed by atoms with Gasteiger partial charge in [0, 0.05) is 0 Å². The quantitative estimate of drug-likeness (QED) is 0.698. The molecule has 0 bridgehead atoms. The average molecular weight is 288 g/mol. The zero-order valence-electron chi connectivity index (χ0n) is 10.8. The molecule has 1 aromatic carbocycles.